The molecule has 1 heterocycles. The minimum absolute atomic E-state index is 0.308. The summed E-state index contributed by atoms with van der Waals surface area (Å²) in [5.41, 5.74) is -0.989. The largest absolute Gasteiger partial charge is 0.416 e. The molecular formula is C11H14BrF3N2. The van der Waals surface area contributed by atoms with Crippen molar-refractivity contribution in [2.45, 2.75) is 25.6 Å². The molecule has 6 heteroatoms. The van der Waals surface area contributed by atoms with E-state index >= 15 is 0 Å². The van der Waals surface area contributed by atoms with Gasteiger partial charge in [0.25, 0.3) is 0 Å². The summed E-state index contributed by atoms with van der Waals surface area (Å²) < 4.78 is 37.7. The number of anilines is 1. The number of rotatable bonds is 3. The minimum Gasteiger partial charge on any atom is -0.354 e. The molecule has 0 bridgehead atoms. The monoisotopic (exact) mass is 310 g/mol. The lowest BCUT2D eigenvalue weighted by Crippen LogP contribution is -2.43. The topological polar surface area (TPSA) is 16.1 Å². The van der Waals surface area contributed by atoms with Crippen LogP contribution in [-0.2, 0) is 6.18 Å². The van der Waals surface area contributed by atoms with Crippen LogP contribution in [0.2, 0.25) is 0 Å². The highest BCUT2D eigenvalue weighted by Crippen LogP contribution is 2.31. The molecule has 1 rings (SSSR count). The number of hydrogen-bond donors (Lipinski definition) is 0. The van der Waals surface area contributed by atoms with Crippen molar-refractivity contribution in [1.82, 2.24) is 4.98 Å². The van der Waals surface area contributed by atoms with E-state index in [0.29, 0.717) is 11.1 Å². The summed E-state index contributed by atoms with van der Waals surface area (Å²) in [6.45, 7) is 3.84. The van der Waals surface area contributed by atoms with Crippen LogP contribution in [0.15, 0.2) is 18.3 Å². The van der Waals surface area contributed by atoms with Gasteiger partial charge in [-0.2, -0.15) is 13.2 Å². The van der Waals surface area contributed by atoms with Crippen LogP contribution < -0.4 is 4.90 Å². The average molecular weight is 311 g/mol. The van der Waals surface area contributed by atoms with Crippen molar-refractivity contribution in [3.05, 3.63) is 23.9 Å². The van der Waals surface area contributed by atoms with Gasteiger partial charge in [0.2, 0.25) is 0 Å². The first-order chi connectivity index (χ1) is 7.68. The molecule has 0 unspecified atom stereocenters. The van der Waals surface area contributed by atoms with Gasteiger partial charge in [-0.05, 0) is 26.0 Å². The van der Waals surface area contributed by atoms with Crippen LogP contribution >= 0.6 is 15.9 Å². The molecule has 0 saturated carbocycles. The maximum absolute atomic E-state index is 12.6. The molecule has 0 N–H and O–H groups in total. The highest BCUT2D eigenvalue weighted by atomic mass is 79.9. The van der Waals surface area contributed by atoms with Crippen molar-refractivity contribution in [3.8, 4) is 0 Å². The fraction of sp³-hybridized carbons (Fsp3) is 0.545. The molecule has 0 atom stereocenters. The van der Waals surface area contributed by atoms with Crippen molar-refractivity contribution in [2.75, 3.05) is 17.3 Å². The summed E-state index contributed by atoms with van der Waals surface area (Å²) in [6.07, 6.45) is -3.16. The SMILES string of the molecule is CN(c1cc(C(F)(F)F)ccn1)C(C)(C)CBr. The van der Waals surface area contributed by atoms with Crippen LogP contribution in [0, 0.1) is 0 Å². The van der Waals surface area contributed by atoms with E-state index in [1.807, 2.05) is 13.8 Å². The molecule has 0 amide bonds. The first-order valence-electron chi connectivity index (χ1n) is 5.01. The van der Waals surface area contributed by atoms with E-state index in [1.54, 1.807) is 11.9 Å². The van der Waals surface area contributed by atoms with Gasteiger partial charge >= 0.3 is 6.18 Å². The Bertz CT molecular complexity index is 391. The zero-order chi connectivity index (χ0) is 13.3. The predicted molar refractivity (Wildman–Crippen MR) is 65.5 cm³/mol. The second kappa shape index (κ2) is 4.84. The van der Waals surface area contributed by atoms with Crippen LogP contribution in [-0.4, -0.2) is 22.9 Å². The molecule has 0 aromatic carbocycles. The summed E-state index contributed by atoms with van der Waals surface area (Å²) >= 11 is 3.34. The first kappa shape index (κ1) is 14.3. The van der Waals surface area contributed by atoms with Crippen LogP contribution in [0.3, 0.4) is 0 Å². The van der Waals surface area contributed by atoms with Crippen molar-refractivity contribution >= 4 is 21.7 Å². The number of halogens is 4. The predicted octanol–water partition coefficient (Wildman–Crippen LogP) is 3.71. The van der Waals surface area contributed by atoms with Crippen LogP contribution in [0.4, 0.5) is 19.0 Å². The van der Waals surface area contributed by atoms with E-state index < -0.39 is 11.7 Å². The molecule has 0 aliphatic rings. The van der Waals surface area contributed by atoms with Crippen molar-refractivity contribution in [2.24, 2.45) is 0 Å². The van der Waals surface area contributed by atoms with Gasteiger partial charge in [-0.15, -0.1) is 0 Å². The van der Waals surface area contributed by atoms with Crippen molar-refractivity contribution < 1.29 is 13.2 Å². The summed E-state index contributed by atoms with van der Waals surface area (Å²) in [5.74, 6) is 0.310. The molecule has 17 heavy (non-hydrogen) atoms. The maximum Gasteiger partial charge on any atom is 0.416 e. The van der Waals surface area contributed by atoms with Gasteiger partial charge in [0.05, 0.1) is 5.56 Å². The third kappa shape index (κ3) is 3.34. The molecule has 0 spiro atoms. The third-order valence-corrected chi connectivity index (χ3v) is 4.02. The van der Waals surface area contributed by atoms with Gasteiger partial charge in [0.15, 0.2) is 0 Å². The maximum atomic E-state index is 12.6. The van der Waals surface area contributed by atoms with Crippen molar-refractivity contribution in [3.63, 3.8) is 0 Å². The molecule has 0 aliphatic heterocycles. The zero-order valence-electron chi connectivity index (χ0n) is 9.85. The Balaban J connectivity index is 3.08. The first-order valence-corrected chi connectivity index (χ1v) is 6.13. The smallest absolute Gasteiger partial charge is 0.354 e. The number of nitrogens with zero attached hydrogens (tertiary/aromatic N) is 2. The fourth-order valence-corrected chi connectivity index (χ4v) is 1.55. The van der Waals surface area contributed by atoms with E-state index in [1.165, 1.54) is 6.20 Å². The van der Waals surface area contributed by atoms with Crippen LogP contribution in [0.5, 0.6) is 0 Å². The van der Waals surface area contributed by atoms with E-state index in [9.17, 15) is 13.2 Å². The van der Waals surface area contributed by atoms with E-state index in [4.69, 9.17) is 0 Å². The molecule has 0 radical (unpaired) electrons. The quantitative estimate of drug-likeness (QED) is 0.791. The average Bonchev–Trinajstić information content (AvgIpc) is 2.27. The highest BCUT2D eigenvalue weighted by Gasteiger charge is 2.32. The van der Waals surface area contributed by atoms with Crippen molar-refractivity contribution in [1.29, 1.82) is 0 Å². The Morgan fingerprint density at radius 1 is 1.35 bits per heavy atom. The Morgan fingerprint density at radius 3 is 2.41 bits per heavy atom. The Kier molecular flexibility index (Phi) is 4.06. The van der Waals surface area contributed by atoms with Gasteiger partial charge in [-0.3, -0.25) is 0 Å². The van der Waals surface area contributed by atoms with Crippen LogP contribution in [0.25, 0.3) is 0 Å². The van der Waals surface area contributed by atoms with Crippen LogP contribution in [0.1, 0.15) is 19.4 Å². The zero-order valence-corrected chi connectivity index (χ0v) is 11.4. The van der Waals surface area contributed by atoms with E-state index in [0.717, 1.165) is 12.1 Å². The minimum atomic E-state index is -4.34. The van der Waals surface area contributed by atoms with Gasteiger partial charge in [0, 0.05) is 24.1 Å². The molecule has 0 fully saturated rings. The third-order valence-electron chi connectivity index (χ3n) is 2.65. The summed E-state index contributed by atoms with van der Waals surface area (Å²) in [7, 11) is 1.73. The number of aromatic nitrogens is 1. The molecule has 2 nitrogen and oxygen atoms in total. The Morgan fingerprint density at radius 2 is 1.94 bits per heavy atom. The van der Waals surface area contributed by atoms with Gasteiger partial charge in [0.1, 0.15) is 5.82 Å². The molecule has 0 aliphatic carbocycles. The lowest BCUT2D eigenvalue weighted by Gasteiger charge is -2.35. The molecular weight excluding hydrogens is 297 g/mol. The standard InChI is InChI=1S/C11H14BrF3N2/c1-10(2,7-12)17(3)9-6-8(4-5-16-9)11(13,14)15/h4-6H,7H2,1-3H3. The van der Waals surface area contributed by atoms with Gasteiger partial charge in [-0.1, -0.05) is 15.9 Å². The molecule has 96 valence electrons. The molecule has 0 saturated heterocycles. The summed E-state index contributed by atoms with van der Waals surface area (Å²) in [6, 6.07) is 2.03. The number of pyridine rings is 1. The fourth-order valence-electron chi connectivity index (χ4n) is 1.18. The summed E-state index contributed by atoms with van der Waals surface area (Å²) in [5, 5.41) is 0.633. The molecule has 1 aromatic rings. The second-order valence-electron chi connectivity index (χ2n) is 4.41. The number of alkyl halides is 4. The lowest BCUT2D eigenvalue weighted by atomic mass is 10.1. The normalized spacial score (nSPS) is 12.6. The Labute approximate surface area is 107 Å². The lowest BCUT2D eigenvalue weighted by molar-refractivity contribution is -0.137. The molecule has 1 aromatic heterocycles. The Hall–Kier alpha value is -0.780. The second-order valence-corrected chi connectivity index (χ2v) is 4.97. The number of hydrogen-bond acceptors (Lipinski definition) is 2. The van der Waals surface area contributed by atoms with Gasteiger partial charge < -0.3 is 4.90 Å². The summed E-state index contributed by atoms with van der Waals surface area (Å²) in [4.78, 5) is 5.69. The van der Waals surface area contributed by atoms with E-state index in [-0.39, 0.29) is 5.54 Å². The van der Waals surface area contributed by atoms with Gasteiger partial charge in [-0.25, -0.2) is 4.98 Å². The van der Waals surface area contributed by atoms with E-state index in [2.05, 4.69) is 20.9 Å². The highest BCUT2D eigenvalue weighted by molar-refractivity contribution is 9.09.